The SMILES string of the molecule is CCOCCOCC(=O)NCCOCCOCC(=O)NCCCC[C@H](NC)C(N)=O. The first-order valence-corrected chi connectivity index (χ1v) is 10.3. The third-order valence-electron chi connectivity index (χ3n) is 3.92. The number of unbranched alkanes of at least 4 members (excludes halogenated alkanes) is 1. The fourth-order valence-electron chi connectivity index (χ4n) is 2.31. The van der Waals surface area contributed by atoms with Crippen LogP contribution in [0.1, 0.15) is 26.2 Å². The van der Waals surface area contributed by atoms with Crippen molar-refractivity contribution in [3.8, 4) is 0 Å². The van der Waals surface area contributed by atoms with Crippen molar-refractivity contribution in [3.63, 3.8) is 0 Å². The molecule has 0 bridgehead atoms. The Morgan fingerprint density at radius 1 is 0.800 bits per heavy atom. The lowest BCUT2D eigenvalue weighted by molar-refractivity contribution is -0.127. The molecular formula is C19H38N4O7. The Balaban J connectivity index is 3.38. The molecule has 0 aliphatic heterocycles. The first-order chi connectivity index (χ1) is 14.5. The number of amides is 3. The second kappa shape index (κ2) is 20.5. The predicted molar refractivity (Wildman–Crippen MR) is 111 cm³/mol. The molecule has 0 aliphatic carbocycles. The van der Waals surface area contributed by atoms with Crippen molar-refractivity contribution in [1.29, 1.82) is 0 Å². The molecule has 176 valence electrons. The van der Waals surface area contributed by atoms with Gasteiger partial charge in [0.15, 0.2) is 0 Å². The van der Waals surface area contributed by atoms with E-state index in [1.165, 1.54) is 0 Å². The summed E-state index contributed by atoms with van der Waals surface area (Å²) < 4.78 is 20.8. The van der Waals surface area contributed by atoms with Crippen molar-refractivity contribution in [2.45, 2.75) is 32.2 Å². The van der Waals surface area contributed by atoms with Gasteiger partial charge in [-0.15, -0.1) is 0 Å². The summed E-state index contributed by atoms with van der Waals surface area (Å²) in [5.74, 6) is -0.785. The zero-order valence-corrected chi connectivity index (χ0v) is 18.2. The summed E-state index contributed by atoms with van der Waals surface area (Å²) in [5, 5.41) is 8.26. The number of ether oxygens (including phenoxy) is 4. The first kappa shape index (κ1) is 28.2. The lowest BCUT2D eigenvalue weighted by Crippen LogP contribution is -2.39. The first-order valence-electron chi connectivity index (χ1n) is 10.3. The number of carbonyl (C=O) groups is 3. The molecule has 0 aliphatic rings. The topological polar surface area (TPSA) is 150 Å². The quantitative estimate of drug-likeness (QED) is 0.160. The number of hydrogen-bond donors (Lipinski definition) is 4. The van der Waals surface area contributed by atoms with E-state index in [0.29, 0.717) is 52.5 Å². The van der Waals surface area contributed by atoms with Gasteiger partial charge in [0.05, 0.1) is 39.1 Å². The van der Waals surface area contributed by atoms with E-state index in [9.17, 15) is 14.4 Å². The van der Waals surface area contributed by atoms with Crippen LogP contribution in [-0.2, 0) is 33.3 Å². The minimum Gasteiger partial charge on any atom is -0.379 e. The Morgan fingerprint density at radius 2 is 1.37 bits per heavy atom. The van der Waals surface area contributed by atoms with Gasteiger partial charge in [0.1, 0.15) is 13.2 Å². The second-order valence-corrected chi connectivity index (χ2v) is 6.35. The summed E-state index contributed by atoms with van der Waals surface area (Å²) in [4.78, 5) is 34.2. The molecule has 0 aromatic carbocycles. The highest BCUT2D eigenvalue weighted by atomic mass is 16.5. The number of carbonyl (C=O) groups excluding carboxylic acids is 3. The highest BCUT2D eigenvalue weighted by molar-refractivity contribution is 5.79. The van der Waals surface area contributed by atoms with Crippen molar-refractivity contribution in [3.05, 3.63) is 0 Å². The summed E-state index contributed by atoms with van der Waals surface area (Å²) in [5.41, 5.74) is 5.24. The maximum Gasteiger partial charge on any atom is 0.246 e. The van der Waals surface area contributed by atoms with Crippen LogP contribution >= 0.6 is 0 Å². The fourth-order valence-corrected chi connectivity index (χ4v) is 2.31. The zero-order valence-electron chi connectivity index (χ0n) is 18.2. The normalized spacial score (nSPS) is 11.8. The average Bonchev–Trinajstić information content (AvgIpc) is 2.72. The number of likely N-dealkylation sites (N-methyl/N-ethyl adjacent to an activating group) is 1. The number of nitrogens with one attached hydrogen (secondary N) is 3. The Hall–Kier alpha value is -1.79. The van der Waals surface area contributed by atoms with E-state index in [2.05, 4.69) is 16.0 Å². The smallest absolute Gasteiger partial charge is 0.246 e. The highest BCUT2D eigenvalue weighted by Gasteiger charge is 2.11. The van der Waals surface area contributed by atoms with E-state index in [0.717, 1.165) is 12.8 Å². The average molecular weight is 435 g/mol. The molecule has 0 aromatic rings. The molecule has 0 saturated carbocycles. The predicted octanol–water partition coefficient (Wildman–Crippen LogP) is -1.45. The van der Waals surface area contributed by atoms with Gasteiger partial charge in [-0.1, -0.05) is 0 Å². The number of rotatable bonds is 21. The van der Waals surface area contributed by atoms with E-state index in [4.69, 9.17) is 24.7 Å². The van der Waals surface area contributed by atoms with Gasteiger partial charge >= 0.3 is 0 Å². The monoisotopic (exact) mass is 434 g/mol. The van der Waals surface area contributed by atoms with Gasteiger partial charge in [0, 0.05) is 19.7 Å². The molecule has 0 fully saturated rings. The van der Waals surface area contributed by atoms with Crippen molar-refractivity contribution in [2.75, 3.05) is 73.0 Å². The molecular weight excluding hydrogens is 396 g/mol. The van der Waals surface area contributed by atoms with Gasteiger partial charge in [0.25, 0.3) is 0 Å². The van der Waals surface area contributed by atoms with Gasteiger partial charge in [-0.3, -0.25) is 14.4 Å². The van der Waals surface area contributed by atoms with Crippen molar-refractivity contribution >= 4 is 17.7 Å². The standard InChI is InChI=1S/C19H38N4O7/c1-3-27-10-12-29-15-18(25)23-8-9-28-11-13-30-14-17(24)22-7-5-4-6-16(21-2)19(20)26/h16,21H,3-15H2,1-2H3,(H2,20,26)(H,22,24)(H,23,25)/t16-/m0/s1. The third-order valence-corrected chi connectivity index (χ3v) is 3.92. The van der Waals surface area contributed by atoms with Gasteiger partial charge in [-0.25, -0.2) is 0 Å². The van der Waals surface area contributed by atoms with E-state index in [1.54, 1.807) is 7.05 Å². The number of hydrogen-bond acceptors (Lipinski definition) is 8. The second-order valence-electron chi connectivity index (χ2n) is 6.35. The molecule has 30 heavy (non-hydrogen) atoms. The lowest BCUT2D eigenvalue weighted by Gasteiger charge is -2.12. The third kappa shape index (κ3) is 18.3. The molecule has 11 heteroatoms. The van der Waals surface area contributed by atoms with E-state index < -0.39 is 0 Å². The zero-order chi connectivity index (χ0) is 22.5. The molecule has 0 radical (unpaired) electrons. The number of primary amides is 1. The Labute approximate surface area is 178 Å². The van der Waals surface area contributed by atoms with Crippen LogP contribution in [0, 0.1) is 0 Å². The van der Waals surface area contributed by atoms with Crippen molar-refractivity contribution in [1.82, 2.24) is 16.0 Å². The van der Waals surface area contributed by atoms with E-state index >= 15 is 0 Å². The molecule has 0 heterocycles. The molecule has 11 nitrogen and oxygen atoms in total. The van der Waals surface area contributed by atoms with Crippen LogP contribution in [-0.4, -0.2) is 96.8 Å². The number of nitrogens with two attached hydrogens (primary N) is 1. The van der Waals surface area contributed by atoms with Crippen LogP contribution in [0.2, 0.25) is 0 Å². The van der Waals surface area contributed by atoms with Crippen LogP contribution in [0.5, 0.6) is 0 Å². The molecule has 5 N–H and O–H groups in total. The molecule has 0 aromatic heterocycles. The maximum atomic E-state index is 11.6. The molecule has 0 rings (SSSR count). The van der Waals surface area contributed by atoms with Gasteiger partial charge in [0.2, 0.25) is 17.7 Å². The van der Waals surface area contributed by atoms with E-state index in [1.807, 2.05) is 6.92 Å². The van der Waals surface area contributed by atoms with Crippen LogP contribution in [0.4, 0.5) is 0 Å². The van der Waals surface area contributed by atoms with Gasteiger partial charge in [-0.05, 0) is 33.2 Å². The maximum absolute atomic E-state index is 11.6. The summed E-state index contributed by atoms with van der Waals surface area (Å²) in [6, 6.07) is -0.337. The van der Waals surface area contributed by atoms with Crippen LogP contribution in [0.15, 0.2) is 0 Å². The highest BCUT2D eigenvalue weighted by Crippen LogP contribution is 1.99. The molecule has 3 amide bonds. The largest absolute Gasteiger partial charge is 0.379 e. The molecule has 0 saturated heterocycles. The Morgan fingerprint density at radius 3 is 1.93 bits per heavy atom. The van der Waals surface area contributed by atoms with E-state index in [-0.39, 0.29) is 43.6 Å². The van der Waals surface area contributed by atoms with Crippen LogP contribution < -0.4 is 21.7 Å². The Kier molecular flexibility index (Phi) is 19.3. The minimum atomic E-state index is -0.373. The summed E-state index contributed by atoms with van der Waals surface area (Å²) in [6.07, 6.45) is 2.17. The van der Waals surface area contributed by atoms with Crippen LogP contribution in [0.3, 0.4) is 0 Å². The molecule has 1 atom stereocenters. The minimum absolute atomic E-state index is 0.00743. The van der Waals surface area contributed by atoms with Gasteiger partial charge in [-0.2, -0.15) is 0 Å². The Bertz CT molecular complexity index is 466. The van der Waals surface area contributed by atoms with Crippen molar-refractivity contribution in [2.24, 2.45) is 5.73 Å². The summed E-state index contributed by atoms with van der Waals surface area (Å²) >= 11 is 0. The molecule has 0 spiro atoms. The fraction of sp³-hybridized carbons (Fsp3) is 0.842. The summed E-state index contributed by atoms with van der Waals surface area (Å²) in [7, 11) is 1.69. The van der Waals surface area contributed by atoms with Gasteiger partial charge < -0.3 is 40.6 Å². The lowest BCUT2D eigenvalue weighted by atomic mass is 10.1. The van der Waals surface area contributed by atoms with Crippen LogP contribution in [0.25, 0.3) is 0 Å². The van der Waals surface area contributed by atoms with Crippen molar-refractivity contribution < 1.29 is 33.3 Å². The molecule has 0 unspecified atom stereocenters. The summed E-state index contributed by atoms with van der Waals surface area (Å²) in [6.45, 7) is 5.17.